The second-order valence-electron chi connectivity index (χ2n) is 3.77. The molecule has 1 aliphatic heterocycles. The third-order valence-electron chi connectivity index (χ3n) is 2.81. The lowest BCUT2D eigenvalue weighted by Gasteiger charge is -2.23. The SMILES string of the molecule is Oc1ccc(C2CCNCC2)cc1O. The van der Waals surface area contributed by atoms with Crippen LogP contribution in [0.25, 0.3) is 0 Å². The van der Waals surface area contributed by atoms with Gasteiger partial charge in [0.25, 0.3) is 0 Å². The van der Waals surface area contributed by atoms with Gasteiger partial charge in [-0.25, -0.2) is 0 Å². The van der Waals surface area contributed by atoms with Gasteiger partial charge in [-0.2, -0.15) is 0 Å². The van der Waals surface area contributed by atoms with E-state index in [4.69, 9.17) is 0 Å². The molecule has 0 radical (unpaired) electrons. The first-order valence-corrected chi connectivity index (χ1v) is 5.00. The lowest BCUT2D eigenvalue weighted by Crippen LogP contribution is -2.26. The van der Waals surface area contributed by atoms with Crippen molar-refractivity contribution < 1.29 is 10.2 Å². The van der Waals surface area contributed by atoms with Gasteiger partial charge in [0.15, 0.2) is 11.5 Å². The summed E-state index contributed by atoms with van der Waals surface area (Å²) in [5.41, 5.74) is 1.13. The lowest BCUT2D eigenvalue weighted by molar-refractivity contribution is 0.400. The van der Waals surface area contributed by atoms with Crippen LogP contribution in [0.4, 0.5) is 0 Å². The number of aromatic hydroxyl groups is 2. The molecule has 1 fully saturated rings. The summed E-state index contributed by atoms with van der Waals surface area (Å²) in [5, 5.41) is 21.8. The van der Waals surface area contributed by atoms with Crippen LogP contribution < -0.4 is 5.32 Å². The molecule has 76 valence electrons. The van der Waals surface area contributed by atoms with Gasteiger partial charge >= 0.3 is 0 Å². The minimum Gasteiger partial charge on any atom is -0.504 e. The Balaban J connectivity index is 2.18. The predicted molar refractivity (Wildman–Crippen MR) is 54.6 cm³/mol. The molecular formula is C11H15NO2. The summed E-state index contributed by atoms with van der Waals surface area (Å²) in [7, 11) is 0. The Bertz CT molecular complexity index is 319. The van der Waals surface area contributed by atoms with Crippen LogP contribution in [0.3, 0.4) is 0 Å². The first-order valence-electron chi connectivity index (χ1n) is 5.00. The molecule has 0 aliphatic carbocycles. The largest absolute Gasteiger partial charge is 0.504 e. The van der Waals surface area contributed by atoms with E-state index in [2.05, 4.69) is 5.32 Å². The zero-order valence-electron chi connectivity index (χ0n) is 8.03. The molecule has 0 bridgehead atoms. The van der Waals surface area contributed by atoms with Gasteiger partial charge in [0.2, 0.25) is 0 Å². The molecule has 0 saturated carbocycles. The van der Waals surface area contributed by atoms with Crippen molar-refractivity contribution in [1.29, 1.82) is 0 Å². The van der Waals surface area contributed by atoms with Crippen LogP contribution in [0, 0.1) is 0 Å². The highest BCUT2D eigenvalue weighted by atomic mass is 16.3. The number of benzene rings is 1. The van der Waals surface area contributed by atoms with E-state index in [-0.39, 0.29) is 11.5 Å². The number of piperidine rings is 1. The van der Waals surface area contributed by atoms with Crippen molar-refractivity contribution in [2.45, 2.75) is 18.8 Å². The van der Waals surface area contributed by atoms with E-state index >= 15 is 0 Å². The van der Waals surface area contributed by atoms with Crippen LogP contribution in [0.2, 0.25) is 0 Å². The molecule has 1 heterocycles. The number of nitrogens with one attached hydrogen (secondary N) is 1. The fraction of sp³-hybridized carbons (Fsp3) is 0.455. The maximum Gasteiger partial charge on any atom is 0.157 e. The molecule has 1 aromatic rings. The molecule has 0 spiro atoms. The van der Waals surface area contributed by atoms with Crippen molar-refractivity contribution in [3.63, 3.8) is 0 Å². The lowest BCUT2D eigenvalue weighted by atomic mass is 9.90. The Morgan fingerprint density at radius 2 is 1.79 bits per heavy atom. The standard InChI is InChI=1S/C11H15NO2/c13-10-2-1-9(7-11(10)14)8-3-5-12-6-4-8/h1-2,7-8,12-14H,3-6H2. The minimum atomic E-state index is -0.0392. The van der Waals surface area contributed by atoms with E-state index in [0.29, 0.717) is 5.92 Å². The molecule has 1 aromatic carbocycles. The minimum absolute atomic E-state index is 0.0129. The van der Waals surface area contributed by atoms with Crippen LogP contribution >= 0.6 is 0 Å². The monoisotopic (exact) mass is 193 g/mol. The second kappa shape index (κ2) is 3.88. The maximum absolute atomic E-state index is 9.37. The van der Waals surface area contributed by atoms with Crippen LogP contribution in [-0.2, 0) is 0 Å². The van der Waals surface area contributed by atoms with Crippen LogP contribution in [-0.4, -0.2) is 23.3 Å². The molecule has 0 aromatic heterocycles. The summed E-state index contributed by atoms with van der Waals surface area (Å²) in [6, 6.07) is 5.13. The zero-order chi connectivity index (χ0) is 9.97. The number of phenols is 2. The summed E-state index contributed by atoms with van der Waals surface area (Å²) in [6.45, 7) is 2.07. The predicted octanol–water partition coefficient (Wildman–Crippen LogP) is 1.56. The fourth-order valence-electron chi connectivity index (χ4n) is 1.95. The van der Waals surface area contributed by atoms with E-state index in [9.17, 15) is 10.2 Å². The molecule has 0 atom stereocenters. The zero-order valence-corrected chi connectivity index (χ0v) is 8.03. The van der Waals surface area contributed by atoms with Gasteiger partial charge in [0.05, 0.1) is 0 Å². The summed E-state index contributed by atoms with van der Waals surface area (Å²) in [4.78, 5) is 0. The van der Waals surface area contributed by atoms with Crippen LogP contribution in [0.15, 0.2) is 18.2 Å². The average Bonchev–Trinajstić information content (AvgIpc) is 2.23. The molecule has 3 nitrogen and oxygen atoms in total. The molecule has 14 heavy (non-hydrogen) atoms. The number of hydrogen-bond donors (Lipinski definition) is 3. The van der Waals surface area contributed by atoms with Gasteiger partial charge in [-0.3, -0.25) is 0 Å². The van der Waals surface area contributed by atoms with E-state index < -0.39 is 0 Å². The number of rotatable bonds is 1. The fourth-order valence-corrected chi connectivity index (χ4v) is 1.95. The van der Waals surface area contributed by atoms with Crippen molar-refractivity contribution in [3.8, 4) is 11.5 Å². The van der Waals surface area contributed by atoms with Crippen LogP contribution in [0.1, 0.15) is 24.3 Å². The summed E-state index contributed by atoms with van der Waals surface area (Å²) in [5.74, 6) is 0.464. The van der Waals surface area contributed by atoms with Gasteiger partial charge in [-0.1, -0.05) is 6.07 Å². The summed E-state index contributed by atoms with van der Waals surface area (Å²) in [6.07, 6.45) is 2.20. The van der Waals surface area contributed by atoms with E-state index in [0.717, 1.165) is 31.5 Å². The van der Waals surface area contributed by atoms with Gasteiger partial charge < -0.3 is 15.5 Å². The highest BCUT2D eigenvalue weighted by Crippen LogP contribution is 2.32. The molecule has 3 N–H and O–H groups in total. The van der Waals surface area contributed by atoms with Crippen molar-refractivity contribution in [3.05, 3.63) is 23.8 Å². The Labute approximate surface area is 83.4 Å². The number of hydrogen-bond acceptors (Lipinski definition) is 3. The highest BCUT2D eigenvalue weighted by Gasteiger charge is 2.15. The maximum atomic E-state index is 9.37. The van der Waals surface area contributed by atoms with E-state index in [1.54, 1.807) is 12.1 Å². The molecule has 1 saturated heterocycles. The molecule has 1 aliphatic rings. The van der Waals surface area contributed by atoms with Gasteiger partial charge in [0, 0.05) is 0 Å². The third-order valence-corrected chi connectivity index (χ3v) is 2.81. The quantitative estimate of drug-likeness (QED) is 0.593. The van der Waals surface area contributed by atoms with Crippen molar-refractivity contribution in [1.82, 2.24) is 5.32 Å². The molecular weight excluding hydrogens is 178 g/mol. The Morgan fingerprint density at radius 3 is 2.43 bits per heavy atom. The molecule has 0 unspecified atom stereocenters. The Morgan fingerprint density at radius 1 is 1.07 bits per heavy atom. The first-order chi connectivity index (χ1) is 6.77. The summed E-state index contributed by atoms with van der Waals surface area (Å²) >= 11 is 0. The van der Waals surface area contributed by atoms with E-state index in [1.165, 1.54) is 0 Å². The van der Waals surface area contributed by atoms with Gasteiger partial charge in [0.1, 0.15) is 0 Å². The molecule has 0 amide bonds. The third kappa shape index (κ3) is 1.82. The van der Waals surface area contributed by atoms with Crippen LogP contribution in [0.5, 0.6) is 11.5 Å². The van der Waals surface area contributed by atoms with E-state index in [1.807, 2.05) is 6.07 Å². The number of phenolic OH excluding ortho intramolecular Hbond substituents is 2. The van der Waals surface area contributed by atoms with Crippen molar-refractivity contribution >= 4 is 0 Å². The second-order valence-corrected chi connectivity index (χ2v) is 3.77. The Kier molecular flexibility index (Phi) is 2.59. The Hall–Kier alpha value is -1.22. The smallest absolute Gasteiger partial charge is 0.157 e. The summed E-state index contributed by atoms with van der Waals surface area (Å²) < 4.78 is 0. The highest BCUT2D eigenvalue weighted by molar-refractivity contribution is 5.41. The first kappa shape index (κ1) is 9.34. The van der Waals surface area contributed by atoms with Crippen molar-refractivity contribution in [2.75, 3.05) is 13.1 Å². The van der Waals surface area contributed by atoms with Crippen molar-refractivity contribution in [2.24, 2.45) is 0 Å². The topological polar surface area (TPSA) is 52.5 Å². The molecule has 2 rings (SSSR count). The normalized spacial score (nSPS) is 18.3. The van der Waals surface area contributed by atoms with Gasteiger partial charge in [-0.05, 0) is 49.5 Å². The molecule has 3 heteroatoms. The van der Waals surface area contributed by atoms with Gasteiger partial charge in [-0.15, -0.1) is 0 Å². The average molecular weight is 193 g/mol.